The number of hydrogen-bond acceptors (Lipinski definition) is 3. The molecule has 0 radical (unpaired) electrons. The Balaban J connectivity index is 2.32. The summed E-state index contributed by atoms with van der Waals surface area (Å²) in [6.07, 6.45) is -3.33. The van der Waals surface area contributed by atoms with E-state index in [0.717, 1.165) is 0 Å². The van der Waals surface area contributed by atoms with Crippen molar-refractivity contribution in [2.45, 2.75) is 13.1 Å². The predicted octanol–water partition coefficient (Wildman–Crippen LogP) is 2.47. The van der Waals surface area contributed by atoms with E-state index in [1.807, 2.05) is 0 Å². The van der Waals surface area contributed by atoms with Crippen LogP contribution in [0.3, 0.4) is 0 Å². The molecule has 0 saturated heterocycles. The Morgan fingerprint density at radius 1 is 1.42 bits per heavy atom. The second-order valence-corrected chi connectivity index (χ2v) is 4.47. The first kappa shape index (κ1) is 13.6. The first-order valence-corrected chi connectivity index (χ1v) is 5.72. The second kappa shape index (κ2) is 4.68. The summed E-state index contributed by atoms with van der Waals surface area (Å²) >= 11 is 3.05. The molecule has 0 bridgehead atoms. The Kier molecular flexibility index (Phi) is 3.35. The van der Waals surface area contributed by atoms with Crippen LogP contribution >= 0.6 is 15.9 Å². The van der Waals surface area contributed by atoms with Gasteiger partial charge in [0.25, 0.3) is 5.91 Å². The molecular formula is C9H7BrF3N5O. The Morgan fingerprint density at radius 2 is 2.11 bits per heavy atom. The quantitative estimate of drug-likeness (QED) is 0.786. The summed E-state index contributed by atoms with van der Waals surface area (Å²) in [4.78, 5) is 11.8. The Labute approximate surface area is 112 Å². The molecule has 102 valence electrons. The van der Waals surface area contributed by atoms with Crippen LogP contribution in [0.2, 0.25) is 0 Å². The van der Waals surface area contributed by atoms with Crippen molar-refractivity contribution in [1.82, 2.24) is 20.4 Å². The number of anilines is 1. The van der Waals surface area contributed by atoms with Crippen LogP contribution in [-0.2, 0) is 6.18 Å². The number of aryl methyl sites for hydroxylation is 1. The third-order valence-corrected chi connectivity index (χ3v) is 2.88. The van der Waals surface area contributed by atoms with Gasteiger partial charge in [0.2, 0.25) is 0 Å². The summed E-state index contributed by atoms with van der Waals surface area (Å²) in [6.45, 7) is 1.37. The number of aromatic amines is 2. The monoisotopic (exact) mass is 337 g/mol. The topological polar surface area (TPSA) is 86.5 Å². The van der Waals surface area contributed by atoms with Gasteiger partial charge < -0.3 is 5.32 Å². The van der Waals surface area contributed by atoms with Gasteiger partial charge in [0.05, 0.1) is 22.1 Å². The van der Waals surface area contributed by atoms with E-state index < -0.39 is 23.5 Å². The summed E-state index contributed by atoms with van der Waals surface area (Å²) in [5.74, 6) is -0.751. The van der Waals surface area contributed by atoms with Gasteiger partial charge in [-0.3, -0.25) is 15.0 Å². The van der Waals surface area contributed by atoms with Gasteiger partial charge in [-0.1, -0.05) is 0 Å². The number of amides is 1. The maximum absolute atomic E-state index is 12.7. The van der Waals surface area contributed by atoms with Crippen molar-refractivity contribution in [3.05, 3.63) is 27.8 Å². The zero-order valence-corrected chi connectivity index (χ0v) is 11.0. The van der Waals surface area contributed by atoms with Crippen molar-refractivity contribution in [3.63, 3.8) is 0 Å². The van der Waals surface area contributed by atoms with Crippen molar-refractivity contribution in [2.75, 3.05) is 5.32 Å². The largest absolute Gasteiger partial charge is 0.437 e. The third-order valence-electron chi connectivity index (χ3n) is 2.27. The smallest absolute Gasteiger partial charge is 0.317 e. The lowest BCUT2D eigenvalue weighted by atomic mass is 10.2. The van der Waals surface area contributed by atoms with E-state index in [1.165, 1.54) is 13.1 Å². The molecule has 0 spiro atoms. The molecule has 0 aliphatic rings. The number of aromatic nitrogens is 4. The van der Waals surface area contributed by atoms with Crippen molar-refractivity contribution < 1.29 is 18.0 Å². The van der Waals surface area contributed by atoms with E-state index in [4.69, 9.17) is 0 Å². The molecule has 2 rings (SSSR count). The highest BCUT2D eigenvalue weighted by Gasteiger charge is 2.38. The molecule has 2 aromatic heterocycles. The van der Waals surface area contributed by atoms with Gasteiger partial charge in [-0.25, -0.2) is 0 Å². The number of hydrogen-bond donors (Lipinski definition) is 3. The highest BCUT2D eigenvalue weighted by molar-refractivity contribution is 9.10. The standard InChI is InChI=1S/C9H7BrF3N5O/c1-3-5(7(18-16-3)9(11,12)13)15-8(19)6-4(10)2-14-17-6/h2H,1H3,(H,14,17)(H,15,19)(H,16,18). The number of alkyl halides is 3. The fourth-order valence-electron chi connectivity index (χ4n) is 1.39. The van der Waals surface area contributed by atoms with Gasteiger partial charge in [0.15, 0.2) is 5.69 Å². The van der Waals surface area contributed by atoms with Crippen LogP contribution in [0.25, 0.3) is 0 Å². The fourth-order valence-corrected chi connectivity index (χ4v) is 1.77. The molecule has 0 fully saturated rings. The highest BCUT2D eigenvalue weighted by atomic mass is 79.9. The molecule has 19 heavy (non-hydrogen) atoms. The van der Waals surface area contributed by atoms with E-state index in [9.17, 15) is 18.0 Å². The van der Waals surface area contributed by atoms with E-state index in [0.29, 0.717) is 4.47 Å². The number of carbonyl (C=O) groups excluding carboxylic acids is 1. The summed E-state index contributed by atoms with van der Waals surface area (Å²) in [6, 6.07) is 0. The summed E-state index contributed by atoms with van der Waals surface area (Å²) in [5.41, 5.74) is -1.45. The maximum Gasteiger partial charge on any atom is 0.437 e. The van der Waals surface area contributed by atoms with E-state index in [1.54, 1.807) is 0 Å². The molecule has 0 saturated carbocycles. The highest BCUT2D eigenvalue weighted by Crippen LogP contribution is 2.34. The van der Waals surface area contributed by atoms with Crippen LogP contribution in [0.15, 0.2) is 10.7 Å². The minimum atomic E-state index is -4.65. The summed E-state index contributed by atoms with van der Waals surface area (Å²) < 4.78 is 38.4. The van der Waals surface area contributed by atoms with Crippen molar-refractivity contribution in [2.24, 2.45) is 0 Å². The molecular weight excluding hydrogens is 331 g/mol. The first-order chi connectivity index (χ1) is 8.80. The maximum atomic E-state index is 12.7. The van der Waals surface area contributed by atoms with Gasteiger partial charge in [0, 0.05) is 0 Å². The van der Waals surface area contributed by atoms with Crippen LogP contribution in [-0.4, -0.2) is 26.3 Å². The second-order valence-electron chi connectivity index (χ2n) is 3.62. The van der Waals surface area contributed by atoms with E-state index in [2.05, 4.69) is 41.6 Å². The zero-order valence-electron chi connectivity index (χ0n) is 9.39. The Bertz CT molecular complexity index is 618. The zero-order chi connectivity index (χ0) is 14.2. The molecule has 0 aliphatic heterocycles. The van der Waals surface area contributed by atoms with Gasteiger partial charge in [-0.05, 0) is 22.9 Å². The first-order valence-electron chi connectivity index (χ1n) is 4.93. The summed E-state index contributed by atoms with van der Waals surface area (Å²) in [7, 11) is 0. The minimum Gasteiger partial charge on any atom is -0.317 e. The molecule has 0 aliphatic carbocycles. The number of rotatable bonds is 2. The molecule has 0 aromatic carbocycles. The number of nitrogens with zero attached hydrogens (tertiary/aromatic N) is 2. The third kappa shape index (κ3) is 2.62. The van der Waals surface area contributed by atoms with E-state index >= 15 is 0 Å². The molecule has 0 unspecified atom stereocenters. The SMILES string of the molecule is Cc1[nH]nc(C(F)(F)F)c1NC(=O)c1[nH]ncc1Br. The van der Waals surface area contributed by atoms with Gasteiger partial charge in [-0.2, -0.15) is 23.4 Å². The van der Waals surface area contributed by atoms with Crippen molar-refractivity contribution >= 4 is 27.5 Å². The number of halogens is 4. The van der Waals surface area contributed by atoms with Crippen LogP contribution < -0.4 is 5.32 Å². The van der Waals surface area contributed by atoms with Gasteiger partial charge >= 0.3 is 6.18 Å². The normalized spacial score (nSPS) is 11.6. The van der Waals surface area contributed by atoms with E-state index in [-0.39, 0.29) is 11.4 Å². The fraction of sp³-hybridized carbons (Fsp3) is 0.222. The minimum absolute atomic E-state index is 0.0220. The molecule has 10 heteroatoms. The predicted molar refractivity (Wildman–Crippen MR) is 62.6 cm³/mol. The molecule has 1 amide bonds. The van der Waals surface area contributed by atoms with Gasteiger partial charge in [-0.15, -0.1) is 0 Å². The number of H-pyrrole nitrogens is 2. The number of carbonyl (C=O) groups is 1. The molecule has 2 aromatic rings. The number of nitrogens with one attached hydrogen (secondary N) is 3. The lowest BCUT2D eigenvalue weighted by molar-refractivity contribution is -0.140. The molecule has 0 atom stereocenters. The Morgan fingerprint density at radius 3 is 2.63 bits per heavy atom. The van der Waals surface area contributed by atoms with Crippen LogP contribution in [0.1, 0.15) is 21.9 Å². The summed E-state index contributed by atoms with van der Waals surface area (Å²) in [5, 5.41) is 13.4. The molecule has 2 heterocycles. The van der Waals surface area contributed by atoms with Crippen molar-refractivity contribution in [3.8, 4) is 0 Å². The molecule has 3 N–H and O–H groups in total. The van der Waals surface area contributed by atoms with Gasteiger partial charge in [0.1, 0.15) is 5.69 Å². The van der Waals surface area contributed by atoms with Crippen LogP contribution in [0.4, 0.5) is 18.9 Å². The lowest BCUT2D eigenvalue weighted by Gasteiger charge is -2.08. The molecule has 6 nitrogen and oxygen atoms in total. The lowest BCUT2D eigenvalue weighted by Crippen LogP contribution is -2.17. The average molecular weight is 338 g/mol. The Hall–Kier alpha value is -1.84. The average Bonchev–Trinajstić information content (AvgIpc) is 2.85. The van der Waals surface area contributed by atoms with Crippen molar-refractivity contribution in [1.29, 1.82) is 0 Å². The van der Waals surface area contributed by atoms with Crippen LogP contribution in [0, 0.1) is 6.92 Å². The van der Waals surface area contributed by atoms with Crippen LogP contribution in [0.5, 0.6) is 0 Å².